The Kier molecular flexibility index (Phi) is 19.3. The van der Waals surface area contributed by atoms with Crippen LogP contribution in [0, 0.1) is 37.5 Å². The minimum Gasteiger partial charge on any atom is -0.484 e. The Labute approximate surface area is 372 Å². The zero-order valence-corrected chi connectivity index (χ0v) is 37.2. The average molecular weight is 894 g/mol. The molecule has 1 unspecified atom stereocenters. The lowest BCUT2D eigenvalue weighted by Gasteiger charge is -2.38. The number of ether oxygens (including phenoxy) is 4. The van der Waals surface area contributed by atoms with Crippen LogP contribution in [0.3, 0.4) is 0 Å². The Bertz CT molecular complexity index is 2030. The maximum absolute atomic E-state index is 14.4. The first-order chi connectivity index (χ1) is 30.5. The molecule has 4 atom stereocenters. The quantitative estimate of drug-likeness (QED) is 0.0299. The summed E-state index contributed by atoms with van der Waals surface area (Å²) >= 11 is 0. The monoisotopic (exact) mass is 893 g/mol. The van der Waals surface area contributed by atoms with Gasteiger partial charge in [0.05, 0.1) is 30.4 Å². The number of fused-ring (bicyclic) bond motifs is 1. The zero-order valence-electron chi connectivity index (χ0n) is 37.2. The molecule has 1 aliphatic rings. The molecule has 4 rings (SSSR count). The van der Waals surface area contributed by atoms with E-state index in [0.717, 1.165) is 12.8 Å². The number of nitrogens with zero attached hydrogens (tertiary/aromatic N) is 3. The van der Waals surface area contributed by atoms with Crippen molar-refractivity contribution in [2.45, 2.75) is 98.2 Å². The molecule has 1 heterocycles. The molecule has 0 aromatic heterocycles. The lowest BCUT2D eigenvalue weighted by Crippen LogP contribution is -2.51. The van der Waals surface area contributed by atoms with Crippen molar-refractivity contribution in [1.82, 2.24) is 10.6 Å². The van der Waals surface area contributed by atoms with Gasteiger partial charge in [-0.15, -0.1) is 20.2 Å². The minimum absolute atomic E-state index is 0.0116. The number of para-hydroxylation sites is 2. The Morgan fingerprint density at radius 1 is 0.906 bits per heavy atom. The molecule has 0 bridgehead atoms. The molecule has 19 heteroatoms. The third-order valence-corrected chi connectivity index (χ3v) is 10.6. The number of amides is 3. The lowest BCUT2D eigenvalue weighted by molar-refractivity contribution is -0.763. The topological polar surface area (TPSA) is 237 Å². The van der Waals surface area contributed by atoms with Crippen LogP contribution in [0.5, 0.6) is 5.75 Å². The number of rotatable bonds is 26. The molecule has 3 aromatic carbocycles. The van der Waals surface area contributed by atoms with Gasteiger partial charge in [0.1, 0.15) is 38.0 Å². The summed E-state index contributed by atoms with van der Waals surface area (Å²) in [5.41, 5.74) is 0.862. The number of hydrogen-bond donors (Lipinski definition) is 2. The molecule has 3 aromatic rings. The lowest BCUT2D eigenvalue weighted by atomic mass is 9.78. The van der Waals surface area contributed by atoms with E-state index in [1.807, 2.05) is 34.6 Å². The number of methoxy groups -OCH3 is 1. The fourth-order valence-electron chi connectivity index (χ4n) is 7.28. The molecule has 2 N–H and O–H groups in total. The molecule has 0 fully saturated rings. The molecular weight excluding hydrogens is 835 g/mol. The molecule has 0 saturated heterocycles. The van der Waals surface area contributed by atoms with E-state index in [9.17, 15) is 39.4 Å². The van der Waals surface area contributed by atoms with Crippen LogP contribution in [0.25, 0.3) is 0 Å². The number of hydrogen-bond acceptors (Lipinski definition) is 14. The second kappa shape index (κ2) is 24.5. The minimum atomic E-state index is -1.13. The van der Waals surface area contributed by atoms with Gasteiger partial charge in [-0.05, 0) is 78.1 Å². The standard InChI is InChI=1S/C45H59N5O14/c1-7-8-21-46-43(53)36(30(2)3)22-40(64-44(54)34-19-15-32(16-20-34)27-62-50(57)58)37(47-42(52)33-17-13-31(14-18-33)26-61-49(55)56)23-45(4,5)24-41(51)48-25-35(28-60-29-59-6)63-39-12-10-9-11-38(39)48/h9-20,30,35-37,40H,7-8,21-29H2,1-6H3,(H,46,53)(H,47,52)/t35-,36+,37?,40+/m1/s1. The molecule has 19 nitrogen and oxygen atoms in total. The van der Waals surface area contributed by atoms with E-state index in [0.29, 0.717) is 29.1 Å². The number of carbonyl (C=O) groups is 4. The number of nitrogens with one attached hydrogen (secondary N) is 2. The fraction of sp³-hybridized carbons (Fsp3) is 0.511. The maximum atomic E-state index is 14.4. The first kappa shape index (κ1) is 50.3. The second-order valence-electron chi connectivity index (χ2n) is 16.7. The van der Waals surface area contributed by atoms with Crippen molar-refractivity contribution in [3.05, 3.63) is 115 Å². The average Bonchev–Trinajstić information content (AvgIpc) is 3.25. The van der Waals surface area contributed by atoms with Crippen molar-refractivity contribution in [1.29, 1.82) is 0 Å². The Balaban J connectivity index is 1.72. The zero-order chi connectivity index (χ0) is 46.8. The van der Waals surface area contributed by atoms with Gasteiger partial charge in [0.2, 0.25) is 11.8 Å². The van der Waals surface area contributed by atoms with Gasteiger partial charge in [0.15, 0.2) is 0 Å². The summed E-state index contributed by atoms with van der Waals surface area (Å²) in [5.74, 6) is -2.24. The highest BCUT2D eigenvalue weighted by molar-refractivity contribution is 5.96. The highest BCUT2D eigenvalue weighted by atomic mass is 17.0. The van der Waals surface area contributed by atoms with Crippen LogP contribution in [0.2, 0.25) is 0 Å². The van der Waals surface area contributed by atoms with Gasteiger partial charge in [0.25, 0.3) is 16.1 Å². The summed E-state index contributed by atoms with van der Waals surface area (Å²) in [5, 5.41) is 25.7. The molecule has 0 aliphatic carbocycles. The van der Waals surface area contributed by atoms with Gasteiger partial charge in [-0.2, -0.15) is 0 Å². The maximum Gasteiger partial charge on any atom is 0.338 e. The van der Waals surface area contributed by atoms with E-state index in [1.54, 1.807) is 29.2 Å². The summed E-state index contributed by atoms with van der Waals surface area (Å²) in [7, 11) is 1.51. The van der Waals surface area contributed by atoms with Crippen LogP contribution in [-0.2, 0) is 46.7 Å². The van der Waals surface area contributed by atoms with E-state index in [4.69, 9.17) is 18.9 Å². The molecule has 348 valence electrons. The molecular formula is C45H59N5O14. The molecule has 0 spiro atoms. The number of anilines is 1. The normalized spacial score (nSPS) is 14.9. The van der Waals surface area contributed by atoms with Crippen molar-refractivity contribution in [3.8, 4) is 5.75 Å². The third kappa shape index (κ3) is 15.8. The Morgan fingerprint density at radius 3 is 2.09 bits per heavy atom. The van der Waals surface area contributed by atoms with Crippen molar-refractivity contribution in [3.63, 3.8) is 0 Å². The third-order valence-electron chi connectivity index (χ3n) is 10.6. The van der Waals surface area contributed by atoms with Crippen molar-refractivity contribution < 1.29 is 58.0 Å². The summed E-state index contributed by atoms with van der Waals surface area (Å²) < 4.78 is 23.0. The second-order valence-corrected chi connectivity index (χ2v) is 16.7. The van der Waals surface area contributed by atoms with Crippen LogP contribution in [0.4, 0.5) is 5.69 Å². The van der Waals surface area contributed by atoms with E-state index in [-0.39, 0.29) is 81.3 Å². The van der Waals surface area contributed by atoms with Crippen molar-refractivity contribution in [2.75, 3.05) is 38.5 Å². The molecule has 3 amide bonds. The van der Waals surface area contributed by atoms with E-state index in [2.05, 4.69) is 20.3 Å². The number of benzene rings is 3. The summed E-state index contributed by atoms with van der Waals surface area (Å²) in [6.07, 6.45) is 0.0379. The SMILES string of the molecule is CCCCNC(=O)[C@@H](C[C@H](OC(=O)c1ccc(CO[N+](=O)[O-])cc1)C(CC(C)(C)CC(=O)N1C[C@H](COCOC)Oc2ccccc21)NC(=O)c1ccc(CO[N+](=O)[O-])cc1)C(C)C. The van der Waals surface area contributed by atoms with Crippen LogP contribution < -0.4 is 20.3 Å². The summed E-state index contributed by atoms with van der Waals surface area (Å²) in [6, 6.07) is 18.0. The van der Waals surface area contributed by atoms with Gasteiger partial charge in [-0.1, -0.05) is 77.4 Å². The number of carbonyl (C=O) groups excluding carboxylic acids is 4. The van der Waals surface area contributed by atoms with Crippen LogP contribution in [-0.4, -0.2) is 85.7 Å². The van der Waals surface area contributed by atoms with Crippen LogP contribution in [0.1, 0.15) is 98.6 Å². The smallest absolute Gasteiger partial charge is 0.338 e. The van der Waals surface area contributed by atoms with Crippen LogP contribution in [0.15, 0.2) is 72.8 Å². The number of esters is 1. The molecule has 0 saturated carbocycles. The largest absolute Gasteiger partial charge is 0.484 e. The van der Waals surface area contributed by atoms with Crippen LogP contribution >= 0.6 is 0 Å². The molecule has 64 heavy (non-hydrogen) atoms. The van der Waals surface area contributed by atoms with E-state index in [1.165, 1.54) is 55.6 Å². The first-order valence-electron chi connectivity index (χ1n) is 21.1. The number of unbranched alkanes of at least 4 members (excludes halogenated alkanes) is 1. The van der Waals surface area contributed by atoms with Gasteiger partial charge >= 0.3 is 5.97 Å². The predicted octanol–water partition coefficient (Wildman–Crippen LogP) is 6.23. The van der Waals surface area contributed by atoms with E-state index >= 15 is 0 Å². The highest BCUT2D eigenvalue weighted by Gasteiger charge is 2.39. The van der Waals surface area contributed by atoms with Crippen molar-refractivity contribution >= 4 is 29.4 Å². The van der Waals surface area contributed by atoms with Gasteiger partial charge in [-0.25, -0.2) is 4.79 Å². The molecule has 1 aliphatic heterocycles. The van der Waals surface area contributed by atoms with E-state index < -0.39 is 51.6 Å². The predicted molar refractivity (Wildman–Crippen MR) is 232 cm³/mol. The molecule has 0 radical (unpaired) electrons. The fourth-order valence-corrected chi connectivity index (χ4v) is 7.28. The summed E-state index contributed by atoms with van der Waals surface area (Å²) in [6.45, 7) is 9.67. The summed E-state index contributed by atoms with van der Waals surface area (Å²) in [4.78, 5) is 88.5. The Hall–Kier alpha value is -6.34. The Morgan fingerprint density at radius 2 is 1.52 bits per heavy atom. The highest BCUT2D eigenvalue weighted by Crippen LogP contribution is 2.37. The van der Waals surface area contributed by atoms with Gasteiger partial charge in [-0.3, -0.25) is 14.4 Å². The van der Waals surface area contributed by atoms with Gasteiger partial charge in [0, 0.05) is 31.6 Å². The first-order valence-corrected chi connectivity index (χ1v) is 21.1. The van der Waals surface area contributed by atoms with Crippen molar-refractivity contribution in [2.24, 2.45) is 17.3 Å². The van der Waals surface area contributed by atoms with Gasteiger partial charge < -0.3 is 44.2 Å².